The summed E-state index contributed by atoms with van der Waals surface area (Å²) in [4.78, 5) is 2.44. The highest BCUT2D eigenvalue weighted by Gasteiger charge is 2.30. The predicted molar refractivity (Wildman–Crippen MR) is 72.3 cm³/mol. The summed E-state index contributed by atoms with van der Waals surface area (Å²) in [6.45, 7) is 3.57. The molecular weight excluding hydrogens is 224 g/mol. The van der Waals surface area contributed by atoms with Crippen LogP contribution >= 0.6 is 0 Å². The van der Waals surface area contributed by atoms with Crippen LogP contribution in [0.25, 0.3) is 0 Å². The Labute approximate surface area is 109 Å². The quantitative estimate of drug-likeness (QED) is 0.863. The lowest BCUT2D eigenvalue weighted by Gasteiger charge is -2.23. The zero-order valence-electron chi connectivity index (χ0n) is 11.1. The summed E-state index contributed by atoms with van der Waals surface area (Å²) in [5.41, 5.74) is 10.1. The van der Waals surface area contributed by atoms with Gasteiger partial charge in [0.15, 0.2) is 0 Å². The normalized spacial score (nSPS) is 28.3. The van der Waals surface area contributed by atoms with Crippen molar-refractivity contribution in [3.05, 3.63) is 34.9 Å². The number of nitrogens with zero attached hydrogens (tertiary/aromatic N) is 1. The number of benzene rings is 1. The van der Waals surface area contributed by atoms with Crippen molar-refractivity contribution in [1.29, 1.82) is 0 Å². The molecule has 2 N–H and O–H groups in total. The Morgan fingerprint density at radius 2 is 2.28 bits per heavy atom. The van der Waals surface area contributed by atoms with Crippen LogP contribution in [-0.2, 0) is 17.8 Å². The van der Waals surface area contributed by atoms with Crippen molar-refractivity contribution in [2.24, 2.45) is 11.7 Å². The van der Waals surface area contributed by atoms with Crippen LogP contribution in [0.2, 0.25) is 0 Å². The average Bonchev–Trinajstić information content (AvgIpc) is 2.79. The molecule has 98 valence electrons. The summed E-state index contributed by atoms with van der Waals surface area (Å²) in [6.07, 6.45) is 2.25. The van der Waals surface area contributed by atoms with E-state index >= 15 is 0 Å². The maximum atomic E-state index is 5.80. The molecule has 3 rings (SSSR count). The van der Waals surface area contributed by atoms with E-state index in [4.69, 9.17) is 10.5 Å². The van der Waals surface area contributed by atoms with Crippen LogP contribution in [0.3, 0.4) is 0 Å². The van der Waals surface area contributed by atoms with E-state index in [1.165, 1.54) is 23.1 Å². The maximum absolute atomic E-state index is 5.80. The number of hydrogen-bond acceptors (Lipinski definition) is 3. The van der Waals surface area contributed by atoms with E-state index in [9.17, 15) is 0 Å². The topological polar surface area (TPSA) is 38.5 Å². The third-order valence-electron chi connectivity index (χ3n) is 4.36. The van der Waals surface area contributed by atoms with Gasteiger partial charge < -0.3 is 10.5 Å². The molecule has 3 heteroatoms. The first-order valence-electron chi connectivity index (χ1n) is 6.87. The lowest BCUT2D eigenvalue weighted by Crippen LogP contribution is -2.21. The molecule has 2 unspecified atom stereocenters. The molecule has 0 saturated carbocycles. The number of rotatable bonds is 2. The number of fused-ring (bicyclic) bond motifs is 1. The average molecular weight is 246 g/mol. The molecule has 18 heavy (non-hydrogen) atoms. The highest BCUT2D eigenvalue weighted by atomic mass is 16.5. The van der Waals surface area contributed by atoms with E-state index < -0.39 is 0 Å². The fraction of sp³-hybridized carbons (Fsp3) is 0.600. The molecule has 1 saturated heterocycles. The van der Waals surface area contributed by atoms with Gasteiger partial charge in [-0.2, -0.15) is 0 Å². The molecule has 0 amide bonds. The van der Waals surface area contributed by atoms with Gasteiger partial charge in [-0.3, -0.25) is 4.90 Å². The summed E-state index contributed by atoms with van der Waals surface area (Å²) in [7, 11) is 2.21. The van der Waals surface area contributed by atoms with E-state index in [0.717, 1.165) is 32.7 Å². The van der Waals surface area contributed by atoms with E-state index in [-0.39, 0.29) is 0 Å². The van der Waals surface area contributed by atoms with E-state index in [0.29, 0.717) is 12.0 Å². The highest BCUT2D eigenvalue weighted by Crippen LogP contribution is 2.34. The van der Waals surface area contributed by atoms with Gasteiger partial charge in [0.25, 0.3) is 0 Å². The molecule has 3 nitrogen and oxygen atoms in total. The van der Waals surface area contributed by atoms with Crippen molar-refractivity contribution in [2.75, 3.05) is 26.7 Å². The largest absolute Gasteiger partial charge is 0.376 e. The van der Waals surface area contributed by atoms with Gasteiger partial charge in [0.2, 0.25) is 0 Å². The van der Waals surface area contributed by atoms with Gasteiger partial charge in [-0.1, -0.05) is 18.2 Å². The van der Waals surface area contributed by atoms with Gasteiger partial charge in [-0.05, 0) is 49.0 Å². The minimum absolute atomic E-state index is 0.548. The second kappa shape index (κ2) is 5.00. The zero-order valence-corrected chi connectivity index (χ0v) is 11.1. The summed E-state index contributed by atoms with van der Waals surface area (Å²) < 4.78 is 5.49. The molecule has 0 spiro atoms. The lowest BCUT2D eigenvalue weighted by atomic mass is 9.94. The third kappa shape index (κ3) is 2.18. The molecule has 0 radical (unpaired) electrons. The first-order chi connectivity index (χ1) is 8.78. The van der Waals surface area contributed by atoms with Crippen molar-refractivity contribution in [2.45, 2.75) is 25.5 Å². The standard InChI is InChI=1S/C15H22N2O/c1-17-9-11(8-16)6-15(17)13-2-3-14-10-18-5-4-12(14)7-13/h2-3,7,11,15H,4-6,8-10,16H2,1H3. The van der Waals surface area contributed by atoms with Crippen LogP contribution in [-0.4, -0.2) is 31.6 Å². The third-order valence-corrected chi connectivity index (χ3v) is 4.36. The van der Waals surface area contributed by atoms with Crippen molar-refractivity contribution in [3.8, 4) is 0 Å². The van der Waals surface area contributed by atoms with Crippen molar-refractivity contribution >= 4 is 0 Å². The zero-order chi connectivity index (χ0) is 12.5. The molecular formula is C15H22N2O. The fourth-order valence-corrected chi connectivity index (χ4v) is 3.26. The molecule has 2 aliphatic heterocycles. The van der Waals surface area contributed by atoms with Gasteiger partial charge >= 0.3 is 0 Å². The molecule has 2 atom stereocenters. The smallest absolute Gasteiger partial charge is 0.0719 e. The lowest BCUT2D eigenvalue weighted by molar-refractivity contribution is 0.110. The van der Waals surface area contributed by atoms with Crippen molar-refractivity contribution in [3.63, 3.8) is 0 Å². The van der Waals surface area contributed by atoms with Crippen LogP contribution in [0.5, 0.6) is 0 Å². The first kappa shape index (κ1) is 12.2. The molecule has 2 aliphatic rings. The van der Waals surface area contributed by atoms with Crippen LogP contribution in [0.15, 0.2) is 18.2 Å². The van der Waals surface area contributed by atoms with Crippen LogP contribution in [0.4, 0.5) is 0 Å². The van der Waals surface area contributed by atoms with E-state index in [1.54, 1.807) is 0 Å². The number of likely N-dealkylation sites (tertiary alicyclic amines) is 1. The minimum atomic E-state index is 0.548. The van der Waals surface area contributed by atoms with Crippen molar-refractivity contribution in [1.82, 2.24) is 4.90 Å². The molecule has 0 aliphatic carbocycles. The Morgan fingerprint density at radius 1 is 1.39 bits per heavy atom. The highest BCUT2D eigenvalue weighted by molar-refractivity contribution is 5.35. The summed E-state index contributed by atoms with van der Waals surface area (Å²) in [5, 5.41) is 0. The van der Waals surface area contributed by atoms with Crippen LogP contribution < -0.4 is 5.73 Å². The molecule has 1 aromatic rings. The Balaban J connectivity index is 1.84. The fourth-order valence-electron chi connectivity index (χ4n) is 3.26. The van der Waals surface area contributed by atoms with Gasteiger partial charge in [-0.25, -0.2) is 0 Å². The first-order valence-corrected chi connectivity index (χ1v) is 6.87. The van der Waals surface area contributed by atoms with E-state index in [1.807, 2.05) is 0 Å². The monoisotopic (exact) mass is 246 g/mol. The van der Waals surface area contributed by atoms with Crippen molar-refractivity contribution < 1.29 is 4.74 Å². The number of ether oxygens (including phenoxy) is 1. The van der Waals surface area contributed by atoms with Gasteiger partial charge in [-0.15, -0.1) is 0 Å². The van der Waals surface area contributed by atoms with Crippen LogP contribution in [0, 0.1) is 5.92 Å². The Hall–Kier alpha value is -0.900. The molecule has 0 bridgehead atoms. The Bertz CT molecular complexity index is 433. The maximum Gasteiger partial charge on any atom is 0.0719 e. The van der Waals surface area contributed by atoms with Gasteiger partial charge in [0, 0.05) is 12.6 Å². The molecule has 1 aromatic carbocycles. The Kier molecular flexibility index (Phi) is 3.37. The summed E-state index contributed by atoms with van der Waals surface area (Å²) in [5.74, 6) is 0.652. The Morgan fingerprint density at radius 3 is 3.06 bits per heavy atom. The number of hydrogen-bond donors (Lipinski definition) is 1. The number of nitrogens with two attached hydrogens (primary N) is 1. The molecule has 0 aromatic heterocycles. The summed E-state index contributed by atoms with van der Waals surface area (Å²) in [6, 6.07) is 7.45. The molecule has 1 fully saturated rings. The van der Waals surface area contributed by atoms with Gasteiger partial charge in [0.1, 0.15) is 0 Å². The van der Waals surface area contributed by atoms with E-state index in [2.05, 4.69) is 30.1 Å². The summed E-state index contributed by atoms with van der Waals surface area (Å²) >= 11 is 0. The minimum Gasteiger partial charge on any atom is -0.376 e. The SMILES string of the molecule is CN1CC(CN)CC1c1ccc2c(c1)CCOC2. The molecule has 2 heterocycles. The predicted octanol–water partition coefficient (Wildman–Crippen LogP) is 1.71. The van der Waals surface area contributed by atoms with Gasteiger partial charge in [0.05, 0.1) is 13.2 Å². The second-order valence-corrected chi connectivity index (χ2v) is 5.62. The second-order valence-electron chi connectivity index (χ2n) is 5.62. The van der Waals surface area contributed by atoms with Crippen LogP contribution in [0.1, 0.15) is 29.2 Å².